The van der Waals surface area contributed by atoms with Gasteiger partial charge >= 0.3 is 0 Å². The van der Waals surface area contributed by atoms with Crippen molar-refractivity contribution < 1.29 is 9.18 Å². The molecule has 2 unspecified atom stereocenters. The largest absolute Gasteiger partial charge is 0.353 e. The molecule has 0 saturated carbocycles. The van der Waals surface area contributed by atoms with Crippen molar-refractivity contribution in [3.8, 4) is 0 Å². The van der Waals surface area contributed by atoms with E-state index in [0.717, 1.165) is 11.1 Å². The molecule has 0 aromatic heterocycles. The minimum atomic E-state index is -0.315. The molecule has 0 radical (unpaired) electrons. The molecular formula is C20H26ClFN2O. The predicted molar refractivity (Wildman–Crippen MR) is 102 cm³/mol. The Morgan fingerprint density at radius 3 is 2.24 bits per heavy atom. The van der Waals surface area contributed by atoms with Gasteiger partial charge in [0, 0.05) is 18.5 Å². The first kappa shape index (κ1) is 21.1. The third-order valence-corrected chi connectivity index (χ3v) is 4.15. The maximum Gasteiger partial charge on any atom is 0.222 e. The van der Waals surface area contributed by atoms with Gasteiger partial charge in [-0.05, 0) is 35.6 Å². The van der Waals surface area contributed by atoms with E-state index in [2.05, 4.69) is 19.2 Å². The van der Waals surface area contributed by atoms with Crippen molar-refractivity contribution in [1.82, 2.24) is 5.32 Å². The molecule has 0 aliphatic heterocycles. The van der Waals surface area contributed by atoms with Crippen LogP contribution < -0.4 is 11.1 Å². The number of amides is 1. The Labute approximate surface area is 155 Å². The highest BCUT2D eigenvalue weighted by Crippen LogP contribution is 2.15. The molecule has 5 heteroatoms. The van der Waals surface area contributed by atoms with E-state index in [0.29, 0.717) is 6.42 Å². The van der Waals surface area contributed by atoms with Crippen molar-refractivity contribution >= 4 is 18.3 Å². The van der Waals surface area contributed by atoms with Gasteiger partial charge in [0.05, 0.1) is 0 Å². The summed E-state index contributed by atoms with van der Waals surface area (Å²) in [6.45, 7) is 4.12. The summed E-state index contributed by atoms with van der Waals surface area (Å²) in [5.41, 5.74) is 8.07. The molecule has 0 spiro atoms. The minimum Gasteiger partial charge on any atom is -0.353 e. The number of hydrogen-bond donors (Lipinski definition) is 2. The SMILES string of the molecule is CC(C)C(Cc1ccc(F)cc1)NC(=O)CC(N)c1ccccc1.Cl. The highest BCUT2D eigenvalue weighted by molar-refractivity contribution is 5.85. The number of carbonyl (C=O) groups is 1. The van der Waals surface area contributed by atoms with Crippen molar-refractivity contribution in [2.45, 2.75) is 38.8 Å². The lowest BCUT2D eigenvalue weighted by Gasteiger charge is -2.23. The molecule has 25 heavy (non-hydrogen) atoms. The molecule has 0 fully saturated rings. The third-order valence-electron chi connectivity index (χ3n) is 4.15. The van der Waals surface area contributed by atoms with Crippen molar-refractivity contribution in [3.05, 3.63) is 71.5 Å². The predicted octanol–water partition coefficient (Wildman–Crippen LogP) is 4.02. The van der Waals surface area contributed by atoms with Crippen LogP contribution >= 0.6 is 12.4 Å². The van der Waals surface area contributed by atoms with Crippen LogP contribution in [-0.2, 0) is 11.2 Å². The molecule has 0 aliphatic rings. The van der Waals surface area contributed by atoms with Gasteiger partial charge in [-0.25, -0.2) is 4.39 Å². The summed E-state index contributed by atoms with van der Waals surface area (Å²) in [6, 6.07) is 15.7. The van der Waals surface area contributed by atoms with Crippen LogP contribution in [0.2, 0.25) is 0 Å². The van der Waals surface area contributed by atoms with E-state index in [4.69, 9.17) is 5.73 Å². The lowest BCUT2D eigenvalue weighted by atomic mass is 9.95. The molecule has 1 amide bonds. The molecule has 3 N–H and O–H groups in total. The maximum absolute atomic E-state index is 13.0. The zero-order valence-corrected chi connectivity index (χ0v) is 15.4. The number of nitrogens with two attached hydrogens (primary N) is 1. The number of rotatable bonds is 7. The van der Waals surface area contributed by atoms with Crippen LogP contribution in [0.15, 0.2) is 54.6 Å². The van der Waals surface area contributed by atoms with Gasteiger partial charge in [0.2, 0.25) is 5.91 Å². The smallest absolute Gasteiger partial charge is 0.222 e. The Morgan fingerprint density at radius 2 is 1.68 bits per heavy atom. The van der Waals surface area contributed by atoms with Gasteiger partial charge in [0.25, 0.3) is 0 Å². The third kappa shape index (κ3) is 6.85. The molecule has 0 saturated heterocycles. The van der Waals surface area contributed by atoms with E-state index in [1.807, 2.05) is 30.3 Å². The van der Waals surface area contributed by atoms with Crippen molar-refractivity contribution in [1.29, 1.82) is 0 Å². The second-order valence-electron chi connectivity index (χ2n) is 6.47. The Balaban J connectivity index is 0.00000312. The van der Waals surface area contributed by atoms with Crippen LogP contribution in [0.3, 0.4) is 0 Å². The quantitative estimate of drug-likeness (QED) is 0.779. The van der Waals surface area contributed by atoms with Crippen molar-refractivity contribution in [2.75, 3.05) is 0 Å². The summed E-state index contributed by atoms with van der Waals surface area (Å²) in [4.78, 5) is 12.3. The van der Waals surface area contributed by atoms with Crippen LogP contribution in [0.5, 0.6) is 0 Å². The molecule has 136 valence electrons. The Bertz CT molecular complexity index is 647. The van der Waals surface area contributed by atoms with E-state index < -0.39 is 0 Å². The lowest BCUT2D eigenvalue weighted by molar-refractivity contribution is -0.122. The highest BCUT2D eigenvalue weighted by atomic mass is 35.5. The first-order chi connectivity index (χ1) is 11.5. The summed E-state index contributed by atoms with van der Waals surface area (Å²) in [6.07, 6.45) is 0.918. The first-order valence-corrected chi connectivity index (χ1v) is 8.30. The summed E-state index contributed by atoms with van der Waals surface area (Å²) < 4.78 is 13.0. The maximum atomic E-state index is 13.0. The minimum absolute atomic E-state index is 0. The van der Waals surface area contributed by atoms with Gasteiger partial charge in [0.1, 0.15) is 5.82 Å². The molecule has 0 heterocycles. The van der Waals surface area contributed by atoms with Crippen LogP contribution in [-0.4, -0.2) is 11.9 Å². The first-order valence-electron chi connectivity index (χ1n) is 8.30. The molecule has 2 rings (SSSR count). The van der Waals surface area contributed by atoms with Crippen LogP contribution in [0.4, 0.5) is 4.39 Å². The lowest BCUT2D eigenvalue weighted by Crippen LogP contribution is -2.41. The Hall–Kier alpha value is -1.91. The average molecular weight is 365 g/mol. The summed E-state index contributed by atoms with van der Waals surface area (Å²) in [5.74, 6) is -0.0446. The summed E-state index contributed by atoms with van der Waals surface area (Å²) in [5, 5.41) is 3.07. The van der Waals surface area contributed by atoms with Gasteiger partial charge in [-0.1, -0.05) is 56.3 Å². The van der Waals surface area contributed by atoms with Crippen molar-refractivity contribution in [2.24, 2.45) is 11.7 Å². The van der Waals surface area contributed by atoms with E-state index in [9.17, 15) is 9.18 Å². The van der Waals surface area contributed by atoms with E-state index in [-0.39, 0.29) is 48.6 Å². The number of hydrogen-bond acceptors (Lipinski definition) is 2. The second kappa shape index (κ2) is 10.2. The summed E-state index contributed by atoms with van der Waals surface area (Å²) in [7, 11) is 0. The molecule has 0 bridgehead atoms. The Kier molecular flexibility index (Phi) is 8.59. The molecule has 2 aromatic rings. The number of benzene rings is 2. The van der Waals surface area contributed by atoms with Crippen LogP contribution in [0.25, 0.3) is 0 Å². The molecule has 2 atom stereocenters. The van der Waals surface area contributed by atoms with Crippen LogP contribution in [0, 0.1) is 11.7 Å². The second-order valence-corrected chi connectivity index (χ2v) is 6.47. The molecular weight excluding hydrogens is 339 g/mol. The number of nitrogens with one attached hydrogen (secondary N) is 1. The van der Waals surface area contributed by atoms with Gasteiger partial charge in [-0.2, -0.15) is 0 Å². The zero-order chi connectivity index (χ0) is 17.5. The standard InChI is InChI=1S/C20H25FN2O.ClH/c1-14(2)19(12-15-8-10-17(21)11-9-15)23-20(24)13-18(22)16-6-4-3-5-7-16;/h3-11,14,18-19H,12-13,22H2,1-2H3,(H,23,24);1H. The zero-order valence-electron chi connectivity index (χ0n) is 14.6. The number of halogens is 2. The highest BCUT2D eigenvalue weighted by Gasteiger charge is 2.19. The van der Waals surface area contributed by atoms with E-state index in [1.165, 1.54) is 12.1 Å². The molecule has 2 aromatic carbocycles. The van der Waals surface area contributed by atoms with Gasteiger partial charge in [0.15, 0.2) is 0 Å². The summed E-state index contributed by atoms with van der Waals surface area (Å²) >= 11 is 0. The average Bonchev–Trinajstić information content (AvgIpc) is 2.56. The van der Waals surface area contributed by atoms with Gasteiger partial charge in [-0.15, -0.1) is 12.4 Å². The fourth-order valence-electron chi connectivity index (χ4n) is 2.61. The van der Waals surface area contributed by atoms with E-state index in [1.54, 1.807) is 12.1 Å². The van der Waals surface area contributed by atoms with E-state index >= 15 is 0 Å². The monoisotopic (exact) mass is 364 g/mol. The normalized spacial score (nSPS) is 13.0. The van der Waals surface area contributed by atoms with Gasteiger partial charge in [-0.3, -0.25) is 4.79 Å². The fourth-order valence-corrected chi connectivity index (χ4v) is 2.61. The topological polar surface area (TPSA) is 55.1 Å². The van der Waals surface area contributed by atoms with Crippen molar-refractivity contribution in [3.63, 3.8) is 0 Å². The molecule has 3 nitrogen and oxygen atoms in total. The number of carbonyl (C=O) groups excluding carboxylic acids is 1. The van der Waals surface area contributed by atoms with Gasteiger partial charge < -0.3 is 11.1 Å². The Morgan fingerprint density at radius 1 is 1.08 bits per heavy atom. The van der Waals surface area contributed by atoms with Crippen LogP contribution in [0.1, 0.15) is 37.4 Å². The fraction of sp³-hybridized carbons (Fsp3) is 0.350. The molecule has 0 aliphatic carbocycles.